The van der Waals surface area contributed by atoms with Gasteiger partial charge in [-0.3, -0.25) is 4.79 Å². The molecular weight excluding hydrogens is 292 g/mol. The minimum atomic E-state index is -3.53. The molecule has 0 aromatic heterocycles. The van der Waals surface area contributed by atoms with Crippen molar-refractivity contribution in [1.29, 1.82) is 0 Å². The summed E-state index contributed by atoms with van der Waals surface area (Å²) in [4.78, 5) is 13.0. The molecule has 7 heteroatoms. The first-order chi connectivity index (χ1) is 9.94. The maximum Gasteiger partial charge on any atom is 0.303 e. The summed E-state index contributed by atoms with van der Waals surface area (Å²) in [5.74, 6) is -0.743. The highest BCUT2D eigenvalue weighted by Crippen LogP contribution is 2.30. The van der Waals surface area contributed by atoms with Crippen molar-refractivity contribution in [2.45, 2.75) is 24.7 Å². The first-order valence-corrected chi connectivity index (χ1v) is 8.47. The van der Waals surface area contributed by atoms with Gasteiger partial charge in [-0.1, -0.05) is 19.1 Å². The molecule has 0 radical (unpaired) electrons. The van der Waals surface area contributed by atoms with E-state index >= 15 is 0 Å². The molecule has 2 rings (SSSR count). The first kappa shape index (κ1) is 15.8. The number of hydrogen-bond acceptors (Lipinski definition) is 4. The van der Waals surface area contributed by atoms with Crippen molar-refractivity contribution in [3.05, 3.63) is 24.3 Å². The Morgan fingerprint density at radius 2 is 2.14 bits per heavy atom. The number of nitrogens with zero attached hydrogens (tertiary/aromatic N) is 1. The van der Waals surface area contributed by atoms with E-state index in [-0.39, 0.29) is 17.2 Å². The van der Waals surface area contributed by atoms with Gasteiger partial charge in [-0.2, -0.15) is 0 Å². The van der Waals surface area contributed by atoms with Gasteiger partial charge in [-0.15, -0.1) is 0 Å². The van der Waals surface area contributed by atoms with E-state index in [0.29, 0.717) is 25.3 Å². The number of sulfonamides is 1. The van der Waals surface area contributed by atoms with Crippen molar-refractivity contribution in [2.24, 2.45) is 5.92 Å². The lowest BCUT2D eigenvalue weighted by atomic mass is 10.1. The second-order valence-corrected chi connectivity index (χ2v) is 6.90. The first-order valence-electron chi connectivity index (χ1n) is 6.99. The van der Waals surface area contributed by atoms with Gasteiger partial charge in [0.1, 0.15) is 4.90 Å². The van der Waals surface area contributed by atoms with Crippen LogP contribution in [0, 0.1) is 5.92 Å². The average Bonchev–Trinajstić information content (AvgIpc) is 2.86. The largest absolute Gasteiger partial charge is 0.481 e. The van der Waals surface area contributed by atoms with Crippen molar-refractivity contribution in [3.63, 3.8) is 0 Å². The standard InChI is InChI=1S/C14H20N2O4S/c1-2-15-21(19,20)13-6-4-3-5-12(13)16-8-7-11(10-16)9-14(17)18/h3-6,11,15H,2,7-10H2,1H3,(H,17,18). The van der Waals surface area contributed by atoms with Crippen LogP contribution in [0.2, 0.25) is 0 Å². The van der Waals surface area contributed by atoms with Crippen LogP contribution in [0.15, 0.2) is 29.2 Å². The van der Waals surface area contributed by atoms with E-state index in [1.807, 2.05) is 4.90 Å². The Morgan fingerprint density at radius 1 is 1.43 bits per heavy atom. The summed E-state index contributed by atoms with van der Waals surface area (Å²) < 4.78 is 27.0. The van der Waals surface area contributed by atoms with Gasteiger partial charge in [0.25, 0.3) is 0 Å². The van der Waals surface area contributed by atoms with Gasteiger partial charge in [0.2, 0.25) is 10.0 Å². The fourth-order valence-electron chi connectivity index (χ4n) is 2.68. The Kier molecular flexibility index (Phi) is 4.84. The summed E-state index contributed by atoms with van der Waals surface area (Å²) in [6.07, 6.45) is 0.889. The van der Waals surface area contributed by atoms with E-state index in [1.54, 1.807) is 31.2 Å². The quantitative estimate of drug-likeness (QED) is 0.826. The highest BCUT2D eigenvalue weighted by Gasteiger charge is 2.28. The maximum atomic E-state index is 12.2. The summed E-state index contributed by atoms with van der Waals surface area (Å²) >= 11 is 0. The van der Waals surface area contributed by atoms with Gasteiger partial charge in [0.15, 0.2) is 0 Å². The third kappa shape index (κ3) is 3.74. The molecule has 6 nitrogen and oxygen atoms in total. The summed E-state index contributed by atoms with van der Waals surface area (Å²) in [5.41, 5.74) is 0.645. The van der Waals surface area contributed by atoms with Crippen LogP contribution in [0.5, 0.6) is 0 Å². The van der Waals surface area contributed by atoms with Crippen LogP contribution in [0.1, 0.15) is 19.8 Å². The fourth-order valence-corrected chi connectivity index (χ4v) is 3.94. The molecule has 1 aliphatic heterocycles. The van der Waals surface area contributed by atoms with Gasteiger partial charge < -0.3 is 10.0 Å². The topological polar surface area (TPSA) is 86.7 Å². The number of anilines is 1. The van der Waals surface area contributed by atoms with Crippen LogP contribution in [-0.2, 0) is 14.8 Å². The van der Waals surface area contributed by atoms with Crippen LogP contribution in [0.3, 0.4) is 0 Å². The summed E-state index contributed by atoms with van der Waals surface area (Å²) in [6.45, 7) is 3.32. The number of carboxylic acids is 1. The minimum absolute atomic E-state index is 0.0670. The van der Waals surface area contributed by atoms with Crippen LogP contribution in [0.25, 0.3) is 0 Å². The Hall–Kier alpha value is -1.60. The molecule has 1 atom stereocenters. The van der Waals surface area contributed by atoms with E-state index < -0.39 is 16.0 Å². The molecule has 1 heterocycles. The zero-order valence-electron chi connectivity index (χ0n) is 11.9. The van der Waals surface area contributed by atoms with E-state index in [9.17, 15) is 13.2 Å². The summed E-state index contributed by atoms with van der Waals surface area (Å²) in [5, 5.41) is 8.86. The highest BCUT2D eigenvalue weighted by atomic mass is 32.2. The van der Waals surface area contributed by atoms with Crippen LogP contribution in [-0.4, -0.2) is 39.1 Å². The molecule has 1 fully saturated rings. The van der Waals surface area contributed by atoms with E-state index in [2.05, 4.69) is 4.72 Å². The number of nitrogens with one attached hydrogen (secondary N) is 1. The third-order valence-corrected chi connectivity index (χ3v) is 5.17. The van der Waals surface area contributed by atoms with Crippen LogP contribution in [0.4, 0.5) is 5.69 Å². The van der Waals surface area contributed by atoms with Gasteiger partial charge >= 0.3 is 5.97 Å². The summed E-state index contributed by atoms with van der Waals surface area (Å²) in [7, 11) is -3.53. The number of carboxylic acid groups (broad SMARTS) is 1. The Labute approximate surface area is 124 Å². The lowest BCUT2D eigenvalue weighted by Crippen LogP contribution is -2.27. The number of aliphatic carboxylic acids is 1. The second kappa shape index (κ2) is 6.44. The molecule has 0 spiro atoms. The van der Waals surface area contributed by atoms with Crippen molar-refractivity contribution in [3.8, 4) is 0 Å². The SMILES string of the molecule is CCNS(=O)(=O)c1ccccc1N1CCC(CC(=O)O)C1. The zero-order chi connectivity index (χ0) is 15.5. The third-order valence-electron chi connectivity index (χ3n) is 3.58. The molecule has 21 heavy (non-hydrogen) atoms. The number of para-hydroxylation sites is 1. The molecule has 0 saturated carbocycles. The minimum Gasteiger partial charge on any atom is -0.481 e. The van der Waals surface area contributed by atoms with Crippen LogP contribution < -0.4 is 9.62 Å². The molecule has 0 aliphatic carbocycles. The predicted molar refractivity (Wildman–Crippen MR) is 79.9 cm³/mol. The predicted octanol–water partition coefficient (Wildman–Crippen LogP) is 1.29. The molecule has 1 aromatic rings. The lowest BCUT2D eigenvalue weighted by Gasteiger charge is -2.21. The molecule has 1 saturated heterocycles. The number of rotatable bonds is 6. The van der Waals surface area contributed by atoms with Gasteiger partial charge in [-0.25, -0.2) is 13.1 Å². The van der Waals surface area contributed by atoms with Crippen molar-refractivity contribution in [1.82, 2.24) is 4.72 Å². The molecule has 1 unspecified atom stereocenters. The fraction of sp³-hybridized carbons (Fsp3) is 0.500. The Balaban J connectivity index is 2.24. The summed E-state index contributed by atoms with van der Waals surface area (Å²) in [6, 6.07) is 6.84. The van der Waals surface area contributed by atoms with Gasteiger partial charge in [-0.05, 0) is 24.5 Å². The number of carbonyl (C=O) groups is 1. The Bertz CT molecular complexity index is 615. The molecular formula is C14H20N2O4S. The molecule has 1 aliphatic rings. The smallest absolute Gasteiger partial charge is 0.303 e. The van der Waals surface area contributed by atoms with Crippen LogP contribution >= 0.6 is 0 Å². The molecule has 1 aromatic carbocycles. The monoisotopic (exact) mass is 312 g/mol. The molecule has 2 N–H and O–H groups in total. The molecule has 0 amide bonds. The van der Waals surface area contributed by atoms with Crippen molar-refractivity contribution in [2.75, 3.05) is 24.5 Å². The van der Waals surface area contributed by atoms with Gasteiger partial charge in [0, 0.05) is 26.1 Å². The average molecular weight is 312 g/mol. The van der Waals surface area contributed by atoms with E-state index in [1.165, 1.54) is 0 Å². The molecule has 0 bridgehead atoms. The zero-order valence-corrected chi connectivity index (χ0v) is 12.8. The molecule has 116 valence electrons. The van der Waals surface area contributed by atoms with Gasteiger partial charge in [0.05, 0.1) is 5.69 Å². The Morgan fingerprint density at radius 3 is 2.81 bits per heavy atom. The number of benzene rings is 1. The number of hydrogen-bond donors (Lipinski definition) is 2. The van der Waals surface area contributed by atoms with E-state index in [4.69, 9.17) is 5.11 Å². The second-order valence-electron chi connectivity index (χ2n) is 5.17. The van der Waals surface area contributed by atoms with E-state index in [0.717, 1.165) is 6.42 Å². The van der Waals surface area contributed by atoms with Crippen molar-refractivity contribution >= 4 is 21.7 Å². The lowest BCUT2D eigenvalue weighted by molar-refractivity contribution is -0.137. The maximum absolute atomic E-state index is 12.2. The van der Waals surface area contributed by atoms with Crippen molar-refractivity contribution < 1.29 is 18.3 Å². The normalized spacial score (nSPS) is 18.9. The highest BCUT2D eigenvalue weighted by molar-refractivity contribution is 7.89.